The van der Waals surface area contributed by atoms with Crippen molar-refractivity contribution in [1.82, 2.24) is 9.88 Å². The number of halogens is 2. The van der Waals surface area contributed by atoms with Crippen molar-refractivity contribution in [2.75, 3.05) is 57.6 Å². The lowest BCUT2D eigenvalue weighted by molar-refractivity contribution is 0.0296. The van der Waals surface area contributed by atoms with Gasteiger partial charge in [0.1, 0.15) is 11.9 Å². The number of benzene rings is 2. The van der Waals surface area contributed by atoms with Crippen LogP contribution in [0.3, 0.4) is 0 Å². The molecule has 1 saturated heterocycles. The first-order valence-electron chi connectivity index (χ1n) is 15.7. The summed E-state index contributed by atoms with van der Waals surface area (Å²) in [6, 6.07) is 10.0. The Kier molecular flexibility index (Phi) is 11.8. The number of hydrogen-bond donors (Lipinski definition) is 0. The van der Waals surface area contributed by atoms with Gasteiger partial charge in [0.25, 0.3) is 0 Å². The Bertz CT molecular complexity index is 1640. The molecule has 5 rings (SSSR count). The summed E-state index contributed by atoms with van der Waals surface area (Å²) in [5.74, 6) is 1.07. The Morgan fingerprint density at radius 2 is 1.68 bits per heavy atom. The molecule has 3 aromatic rings. The van der Waals surface area contributed by atoms with Crippen molar-refractivity contribution in [2.45, 2.75) is 44.6 Å². The van der Waals surface area contributed by atoms with Crippen LogP contribution in [0, 0.1) is 5.92 Å². The molecule has 2 aliphatic rings. The summed E-state index contributed by atoms with van der Waals surface area (Å²) >= 11 is 12.9. The molecule has 1 atom stereocenters. The largest absolute Gasteiger partial charge is 0.493 e. The van der Waals surface area contributed by atoms with Crippen LogP contribution >= 0.6 is 23.2 Å². The predicted molar refractivity (Wildman–Crippen MR) is 183 cm³/mol. The second-order valence-corrected chi connectivity index (χ2v) is 14.7. The smallest absolute Gasteiger partial charge is 0.338 e. The van der Waals surface area contributed by atoms with E-state index in [4.69, 9.17) is 42.1 Å². The van der Waals surface area contributed by atoms with E-state index in [2.05, 4.69) is 9.88 Å². The highest BCUT2D eigenvalue weighted by Gasteiger charge is 2.28. The van der Waals surface area contributed by atoms with Crippen molar-refractivity contribution in [3.05, 3.63) is 75.5 Å². The zero-order valence-corrected chi connectivity index (χ0v) is 29.2. The van der Waals surface area contributed by atoms with Crippen molar-refractivity contribution in [1.29, 1.82) is 0 Å². The van der Waals surface area contributed by atoms with Crippen LogP contribution in [0.1, 0.15) is 59.7 Å². The molecule has 0 amide bonds. The normalized spacial score (nSPS) is 15.9. The number of pyridine rings is 1. The summed E-state index contributed by atoms with van der Waals surface area (Å²) in [5, 5.41) is 0.675. The number of aromatic nitrogens is 1. The van der Waals surface area contributed by atoms with Crippen molar-refractivity contribution in [3.8, 4) is 17.2 Å². The summed E-state index contributed by atoms with van der Waals surface area (Å²) in [4.78, 5) is 20.1. The Hall–Kier alpha value is -3.25. The topological polar surface area (TPSA) is 108 Å². The molecular weight excluding hydrogens is 665 g/mol. The summed E-state index contributed by atoms with van der Waals surface area (Å²) in [6.07, 6.45) is 9.00. The van der Waals surface area contributed by atoms with Crippen molar-refractivity contribution >= 4 is 44.9 Å². The maximum atomic E-state index is 13.8. The van der Waals surface area contributed by atoms with Crippen molar-refractivity contribution in [2.24, 2.45) is 5.92 Å². The number of hydrogen-bond acceptors (Lipinski definition) is 9. The van der Waals surface area contributed by atoms with E-state index < -0.39 is 22.1 Å². The van der Waals surface area contributed by atoms with Gasteiger partial charge < -0.3 is 23.8 Å². The van der Waals surface area contributed by atoms with E-state index in [1.807, 2.05) is 0 Å². The van der Waals surface area contributed by atoms with Gasteiger partial charge in [0.15, 0.2) is 11.5 Å². The van der Waals surface area contributed by atoms with E-state index in [-0.39, 0.29) is 18.5 Å². The standard InChI is InChI=1S/C34H41Cl2N3O7S/c1-43-30-12-10-24(17-33(30)44-2)31(19-26-27(35)20-37-21-28(26)36)46-34(40)25-9-11-29(32(18-25)45-22-23-7-8-23)39(47(3,41)42)16-15-38-13-5-4-6-14-38/h9-12,17-18,20-21,23,31H,4-8,13-16,19,22H2,1-3H3/t31-/m0/s1. The van der Waals surface area contributed by atoms with Gasteiger partial charge in [-0.15, -0.1) is 0 Å². The van der Waals surface area contributed by atoms with Crippen LogP contribution in [-0.4, -0.2) is 77.5 Å². The first-order chi connectivity index (χ1) is 22.6. The third-order valence-corrected chi connectivity index (χ3v) is 10.3. The van der Waals surface area contributed by atoms with E-state index in [0.717, 1.165) is 38.8 Å². The van der Waals surface area contributed by atoms with Crippen LogP contribution in [0.4, 0.5) is 5.69 Å². The van der Waals surface area contributed by atoms with Crippen molar-refractivity contribution in [3.63, 3.8) is 0 Å². The maximum Gasteiger partial charge on any atom is 0.338 e. The minimum atomic E-state index is -3.65. The predicted octanol–water partition coefficient (Wildman–Crippen LogP) is 6.59. The third kappa shape index (κ3) is 9.22. The molecule has 2 aromatic carbocycles. The van der Waals surface area contributed by atoms with Gasteiger partial charge >= 0.3 is 5.97 Å². The van der Waals surface area contributed by atoms with Crippen LogP contribution in [0.15, 0.2) is 48.8 Å². The number of likely N-dealkylation sites (tertiary alicyclic amines) is 1. The van der Waals surface area contributed by atoms with Gasteiger partial charge in [0, 0.05) is 31.9 Å². The van der Waals surface area contributed by atoms with Crippen LogP contribution < -0.4 is 18.5 Å². The summed E-state index contributed by atoms with van der Waals surface area (Å²) in [6.45, 7) is 3.21. The van der Waals surface area contributed by atoms with Gasteiger partial charge in [-0.05, 0) is 86.1 Å². The Balaban J connectivity index is 1.45. The highest BCUT2D eigenvalue weighted by atomic mass is 35.5. The van der Waals surface area contributed by atoms with Gasteiger partial charge in [-0.3, -0.25) is 9.29 Å². The molecule has 0 N–H and O–H groups in total. The Labute approximate surface area is 286 Å². The number of carbonyl (C=O) groups excluding carboxylic acids is 1. The fraction of sp³-hybridized carbons (Fsp3) is 0.471. The molecular formula is C34H41Cl2N3O7S. The highest BCUT2D eigenvalue weighted by molar-refractivity contribution is 7.92. The minimum absolute atomic E-state index is 0.156. The number of piperidine rings is 1. The number of esters is 1. The number of nitrogens with zero attached hydrogens (tertiary/aromatic N) is 3. The molecule has 0 bridgehead atoms. The molecule has 2 heterocycles. The third-order valence-electron chi connectivity index (χ3n) is 8.47. The number of rotatable bonds is 15. The fourth-order valence-electron chi connectivity index (χ4n) is 5.63. The lowest BCUT2D eigenvalue weighted by Gasteiger charge is -2.30. The lowest BCUT2D eigenvalue weighted by Crippen LogP contribution is -2.40. The molecule has 1 aliphatic heterocycles. The molecule has 47 heavy (non-hydrogen) atoms. The molecule has 1 aliphatic carbocycles. The van der Waals surface area contributed by atoms with E-state index in [1.165, 1.54) is 43.6 Å². The van der Waals surface area contributed by atoms with Gasteiger partial charge in [-0.1, -0.05) is 35.7 Å². The van der Waals surface area contributed by atoms with Gasteiger partial charge in [0.05, 0.1) is 48.4 Å². The summed E-state index contributed by atoms with van der Waals surface area (Å²) < 4.78 is 50.7. The zero-order chi connectivity index (χ0) is 33.6. The quantitative estimate of drug-likeness (QED) is 0.162. The van der Waals surface area contributed by atoms with Gasteiger partial charge in [0.2, 0.25) is 10.0 Å². The minimum Gasteiger partial charge on any atom is -0.493 e. The molecule has 0 radical (unpaired) electrons. The van der Waals surface area contributed by atoms with Crippen LogP contribution in [-0.2, 0) is 21.2 Å². The average Bonchev–Trinajstić information content (AvgIpc) is 3.89. The van der Waals surface area contributed by atoms with E-state index >= 15 is 0 Å². The van der Waals surface area contributed by atoms with E-state index in [9.17, 15) is 13.2 Å². The monoisotopic (exact) mass is 705 g/mol. The molecule has 254 valence electrons. The summed E-state index contributed by atoms with van der Waals surface area (Å²) in [5.41, 5.74) is 1.80. The van der Waals surface area contributed by atoms with E-state index in [1.54, 1.807) is 36.4 Å². The number of carbonyl (C=O) groups is 1. The Morgan fingerprint density at radius 3 is 2.32 bits per heavy atom. The summed E-state index contributed by atoms with van der Waals surface area (Å²) in [7, 11) is -0.587. The van der Waals surface area contributed by atoms with Crippen LogP contribution in [0.2, 0.25) is 10.0 Å². The SMILES string of the molecule is COc1ccc([C@H](Cc2c(Cl)cncc2Cl)OC(=O)c2ccc(N(CCN3CCCCC3)S(C)(=O)=O)c(OCC3CC3)c2)cc1OC. The lowest BCUT2D eigenvalue weighted by atomic mass is 10.0. The number of sulfonamides is 1. The molecule has 2 fully saturated rings. The molecule has 1 aromatic heterocycles. The molecule has 13 heteroatoms. The molecule has 1 saturated carbocycles. The Morgan fingerprint density at radius 1 is 0.979 bits per heavy atom. The molecule has 10 nitrogen and oxygen atoms in total. The first kappa shape index (κ1) is 35.1. The highest BCUT2D eigenvalue weighted by Crippen LogP contribution is 2.38. The van der Waals surface area contributed by atoms with Gasteiger partial charge in [-0.25, -0.2) is 13.2 Å². The van der Waals surface area contributed by atoms with Crippen LogP contribution in [0.5, 0.6) is 17.2 Å². The average molecular weight is 707 g/mol. The van der Waals surface area contributed by atoms with Crippen molar-refractivity contribution < 1.29 is 32.2 Å². The second-order valence-electron chi connectivity index (χ2n) is 12.0. The van der Waals surface area contributed by atoms with E-state index in [0.29, 0.717) is 63.2 Å². The first-order valence-corrected chi connectivity index (χ1v) is 18.4. The number of ether oxygens (including phenoxy) is 4. The zero-order valence-electron chi connectivity index (χ0n) is 26.9. The number of methoxy groups -OCH3 is 2. The second kappa shape index (κ2) is 15.8. The van der Waals surface area contributed by atoms with Gasteiger partial charge in [-0.2, -0.15) is 0 Å². The maximum absolute atomic E-state index is 13.8. The molecule has 0 spiro atoms. The fourth-order valence-corrected chi connectivity index (χ4v) is 7.07. The van der Waals surface area contributed by atoms with Crippen LogP contribution in [0.25, 0.3) is 0 Å². The molecule has 0 unspecified atom stereocenters. The number of anilines is 1.